The van der Waals surface area contributed by atoms with E-state index in [9.17, 15) is 4.39 Å². The summed E-state index contributed by atoms with van der Waals surface area (Å²) in [5.41, 5.74) is 4.58. The number of hydrogen-bond acceptors (Lipinski definition) is 2. The Morgan fingerprint density at radius 1 is 0.926 bits per heavy atom. The fraction of sp³-hybridized carbons (Fsp3) is 0.0435. The third kappa shape index (κ3) is 3.63. The molecular weight excluding hydrogens is 337 g/mol. The highest BCUT2D eigenvalue weighted by Gasteiger charge is 2.09. The molecule has 0 fully saturated rings. The highest BCUT2D eigenvalue weighted by atomic mass is 19.1. The molecule has 0 spiro atoms. The third-order valence-electron chi connectivity index (χ3n) is 4.40. The Kier molecular flexibility index (Phi) is 4.51. The first-order chi connectivity index (χ1) is 13.2. The Bertz CT molecular complexity index is 1150. The summed E-state index contributed by atoms with van der Waals surface area (Å²) in [6, 6.07) is 24.0. The molecule has 0 atom stereocenters. The largest absolute Gasteiger partial charge is 0.320 e. The summed E-state index contributed by atoms with van der Waals surface area (Å²) >= 11 is 0. The van der Waals surface area contributed by atoms with Gasteiger partial charge >= 0.3 is 0 Å². The van der Waals surface area contributed by atoms with E-state index in [4.69, 9.17) is 10.2 Å². The standard InChI is InChI=1S/C23H16FN3/c24-20-12-9-19(10-13-20)16-27-22-4-2-1-3-21(22)26-23(27)14-11-17-5-7-18(15-25)8-6-17/h1-14H,16H2/b14-11+. The minimum absolute atomic E-state index is 0.241. The van der Waals surface area contributed by atoms with Crippen LogP contribution >= 0.6 is 0 Å². The molecule has 0 aliphatic rings. The molecule has 0 bridgehead atoms. The summed E-state index contributed by atoms with van der Waals surface area (Å²) in [4.78, 5) is 4.72. The SMILES string of the molecule is N#Cc1ccc(/C=C/c2nc3ccccc3n2Cc2ccc(F)cc2)cc1. The first kappa shape index (κ1) is 16.7. The van der Waals surface area contributed by atoms with E-state index >= 15 is 0 Å². The van der Waals surface area contributed by atoms with Gasteiger partial charge in [0.1, 0.15) is 11.6 Å². The lowest BCUT2D eigenvalue weighted by Crippen LogP contribution is -2.02. The van der Waals surface area contributed by atoms with E-state index in [-0.39, 0.29) is 5.82 Å². The van der Waals surface area contributed by atoms with Crippen molar-refractivity contribution in [2.75, 3.05) is 0 Å². The quantitative estimate of drug-likeness (QED) is 0.502. The van der Waals surface area contributed by atoms with Crippen molar-refractivity contribution in [1.29, 1.82) is 5.26 Å². The highest BCUT2D eigenvalue weighted by molar-refractivity contribution is 5.80. The zero-order valence-electron chi connectivity index (χ0n) is 14.5. The van der Waals surface area contributed by atoms with E-state index in [1.165, 1.54) is 12.1 Å². The van der Waals surface area contributed by atoms with Crippen LogP contribution in [0.1, 0.15) is 22.5 Å². The molecule has 0 aliphatic heterocycles. The van der Waals surface area contributed by atoms with E-state index < -0.39 is 0 Å². The molecular formula is C23H16FN3. The second-order valence-electron chi connectivity index (χ2n) is 6.24. The van der Waals surface area contributed by atoms with Gasteiger partial charge in [-0.1, -0.05) is 42.5 Å². The smallest absolute Gasteiger partial charge is 0.134 e. The van der Waals surface area contributed by atoms with Crippen LogP contribution in [0.4, 0.5) is 4.39 Å². The van der Waals surface area contributed by atoms with Gasteiger partial charge in [0.15, 0.2) is 0 Å². The monoisotopic (exact) mass is 353 g/mol. The number of para-hydroxylation sites is 2. The molecule has 4 rings (SSSR count). The molecule has 4 heteroatoms. The normalized spacial score (nSPS) is 11.1. The van der Waals surface area contributed by atoms with Crippen LogP contribution in [-0.4, -0.2) is 9.55 Å². The average molecular weight is 353 g/mol. The van der Waals surface area contributed by atoms with Crippen molar-refractivity contribution in [3.05, 3.63) is 101 Å². The van der Waals surface area contributed by atoms with Gasteiger partial charge in [-0.3, -0.25) is 0 Å². The number of nitriles is 1. The number of rotatable bonds is 4. The van der Waals surface area contributed by atoms with Gasteiger partial charge < -0.3 is 4.57 Å². The van der Waals surface area contributed by atoms with Crippen LogP contribution in [0.2, 0.25) is 0 Å². The van der Waals surface area contributed by atoms with Crippen molar-refractivity contribution in [1.82, 2.24) is 9.55 Å². The van der Waals surface area contributed by atoms with Crippen LogP contribution in [0.3, 0.4) is 0 Å². The third-order valence-corrected chi connectivity index (χ3v) is 4.40. The van der Waals surface area contributed by atoms with Gasteiger partial charge in [-0.25, -0.2) is 9.37 Å². The zero-order chi connectivity index (χ0) is 18.6. The van der Waals surface area contributed by atoms with Crippen LogP contribution in [-0.2, 0) is 6.54 Å². The first-order valence-corrected chi connectivity index (χ1v) is 8.61. The molecule has 1 heterocycles. The molecule has 3 aromatic carbocycles. The number of hydrogen-bond donors (Lipinski definition) is 0. The van der Waals surface area contributed by atoms with Crippen LogP contribution < -0.4 is 0 Å². The molecule has 4 aromatic rings. The number of imidazole rings is 1. The average Bonchev–Trinajstić information content (AvgIpc) is 3.06. The van der Waals surface area contributed by atoms with E-state index in [2.05, 4.69) is 10.6 Å². The zero-order valence-corrected chi connectivity index (χ0v) is 14.5. The molecule has 0 unspecified atom stereocenters. The van der Waals surface area contributed by atoms with E-state index in [0.29, 0.717) is 12.1 Å². The predicted octanol–water partition coefficient (Wildman–Crippen LogP) is 5.27. The first-order valence-electron chi connectivity index (χ1n) is 8.61. The fourth-order valence-corrected chi connectivity index (χ4v) is 3.00. The molecule has 0 amide bonds. The number of nitrogens with zero attached hydrogens (tertiary/aromatic N) is 3. The summed E-state index contributed by atoms with van der Waals surface area (Å²) in [6.07, 6.45) is 3.94. The van der Waals surface area contributed by atoms with E-state index in [0.717, 1.165) is 28.0 Å². The van der Waals surface area contributed by atoms with Crippen molar-refractivity contribution >= 4 is 23.2 Å². The second-order valence-corrected chi connectivity index (χ2v) is 6.24. The maximum atomic E-state index is 13.2. The molecule has 27 heavy (non-hydrogen) atoms. The molecule has 0 saturated carbocycles. The summed E-state index contributed by atoms with van der Waals surface area (Å²) < 4.78 is 15.3. The topological polar surface area (TPSA) is 41.6 Å². The van der Waals surface area contributed by atoms with Crippen molar-refractivity contribution in [2.24, 2.45) is 0 Å². The number of fused-ring (bicyclic) bond motifs is 1. The van der Waals surface area contributed by atoms with Crippen LogP contribution in [0.25, 0.3) is 23.2 Å². The highest BCUT2D eigenvalue weighted by Crippen LogP contribution is 2.20. The van der Waals surface area contributed by atoms with Gasteiger partial charge in [0, 0.05) is 6.54 Å². The Morgan fingerprint density at radius 3 is 2.41 bits per heavy atom. The molecule has 130 valence electrons. The van der Waals surface area contributed by atoms with Crippen LogP contribution in [0.5, 0.6) is 0 Å². The molecule has 0 N–H and O–H groups in total. The lowest BCUT2D eigenvalue weighted by Gasteiger charge is -2.07. The lowest BCUT2D eigenvalue weighted by molar-refractivity contribution is 0.626. The van der Waals surface area contributed by atoms with Gasteiger partial charge in [-0.05, 0) is 53.6 Å². The minimum Gasteiger partial charge on any atom is -0.320 e. The number of halogens is 1. The van der Waals surface area contributed by atoms with E-state index in [1.807, 2.05) is 48.6 Å². The minimum atomic E-state index is -0.241. The summed E-state index contributed by atoms with van der Waals surface area (Å²) in [5, 5.41) is 8.91. The van der Waals surface area contributed by atoms with Crippen molar-refractivity contribution in [3.63, 3.8) is 0 Å². The molecule has 0 aliphatic carbocycles. The maximum Gasteiger partial charge on any atom is 0.134 e. The lowest BCUT2D eigenvalue weighted by atomic mass is 10.1. The summed E-state index contributed by atoms with van der Waals surface area (Å²) in [6.45, 7) is 0.605. The van der Waals surface area contributed by atoms with Gasteiger partial charge in [0.25, 0.3) is 0 Å². The Morgan fingerprint density at radius 2 is 1.67 bits per heavy atom. The van der Waals surface area contributed by atoms with E-state index in [1.54, 1.807) is 24.3 Å². The molecule has 3 nitrogen and oxygen atoms in total. The Labute approximate surface area is 156 Å². The summed E-state index contributed by atoms with van der Waals surface area (Å²) in [7, 11) is 0. The fourth-order valence-electron chi connectivity index (χ4n) is 3.00. The van der Waals surface area contributed by atoms with Crippen molar-refractivity contribution in [2.45, 2.75) is 6.54 Å². The van der Waals surface area contributed by atoms with Crippen LogP contribution in [0, 0.1) is 17.1 Å². The van der Waals surface area contributed by atoms with Gasteiger partial charge in [0.2, 0.25) is 0 Å². The van der Waals surface area contributed by atoms with Crippen molar-refractivity contribution in [3.8, 4) is 6.07 Å². The van der Waals surface area contributed by atoms with Crippen molar-refractivity contribution < 1.29 is 4.39 Å². The number of benzene rings is 3. The van der Waals surface area contributed by atoms with Gasteiger partial charge in [-0.15, -0.1) is 0 Å². The van der Waals surface area contributed by atoms with Crippen LogP contribution in [0.15, 0.2) is 72.8 Å². The predicted molar refractivity (Wildman–Crippen MR) is 105 cm³/mol. The molecule has 0 saturated heterocycles. The van der Waals surface area contributed by atoms with Gasteiger partial charge in [0.05, 0.1) is 22.7 Å². The maximum absolute atomic E-state index is 13.2. The Balaban J connectivity index is 1.71. The number of aromatic nitrogens is 2. The molecule has 1 aromatic heterocycles. The molecule has 0 radical (unpaired) electrons. The summed E-state index contributed by atoms with van der Waals surface area (Å²) in [5.74, 6) is 0.583. The van der Waals surface area contributed by atoms with Gasteiger partial charge in [-0.2, -0.15) is 5.26 Å². The second kappa shape index (κ2) is 7.27. The Hall–Kier alpha value is -3.71.